The molecule has 2 amide bonds. The molecule has 5 heteroatoms. The number of piperidine rings is 1. The third kappa shape index (κ3) is 3.78. The Hall–Kier alpha value is -1.88. The molecule has 1 aliphatic carbocycles. The van der Waals surface area contributed by atoms with E-state index in [-0.39, 0.29) is 17.9 Å². The number of carbonyl (C=O) groups excluding carboxylic acids is 2. The first-order valence-corrected chi connectivity index (χ1v) is 10.1. The number of aryl methyl sites for hydroxylation is 1. The fourth-order valence-corrected chi connectivity index (χ4v) is 4.77. The molecule has 0 radical (unpaired) electrons. The number of piperazine rings is 1. The highest BCUT2D eigenvalue weighted by Gasteiger charge is 2.32. The number of nitrogens with one attached hydrogen (secondary N) is 1. The summed E-state index contributed by atoms with van der Waals surface area (Å²) in [6, 6.07) is 8.83. The largest absolute Gasteiger partial charge is 0.341 e. The van der Waals surface area contributed by atoms with Gasteiger partial charge in [0.1, 0.15) is 0 Å². The predicted molar refractivity (Wildman–Crippen MR) is 101 cm³/mol. The summed E-state index contributed by atoms with van der Waals surface area (Å²) in [4.78, 5) is 29.1. The Morgan fingerprint density at radius 3 is 2.85 bits per heavy atom. The van der Waals surface area contributed by atoms with E-state index in [1.54, 1.807) is 0 Å². The van der Waals surface area contributed by atoms with Crippen LogP contribution in [0.25, 0.3) is 0 Å². The van der Waals surface area contributed by atoms with Gasteiger partial charge in [-0.1, -0.05) is 24.3 Å². The second kappa shape index (κ2) is 7.78. The Morgan fingerprint density at radius 2 is 2.00 bits per heavy atom. The number of hydrogen-bond acceptors (Lipinski definition) is 3. The average molecular weight is 355 g/mol. The van der Waals surface area contributed by atoms with Gasteiger partial charge in [-0.25, -0.2) is 0 Å². The SMILES string of the molecule is O=C(CC1CCc2ccccc2C1)N1CCCC(N2CCNCC2=O)C1. The van der Waals surface area contributed by atoms with Crippen LogP contribution in [-0.2, 0) is 22.4 Å². The van der Waals surface area contributed by atoms with Gasteiger partial charge in [-0.3, -0.25) is 9.59 Å². The van der Waals surface area contributed by atoms with Crippen LogP contribution in [0.4, 0.5) is 0 Å². The van der Waals surface area contributed by atoms with Crippen LogP contribution < -0.4 is 5.32 Å². The van der Waals surface area contributed by atoms with Gasteiger partial charge in [0.05, 0.1) is 6.54 Å². The molecular formula is C21H29N3O2. The maximum Gasteiger partial charge on any atom is 0.236 e. The lowest BCUT2D eigenvalue weighted by atomic mass is 9.82. The van der Waals surface area contributed by atoms with Gasteiger partial charge in [0.2, 0.25) is 11.8 Å². The van der Waals surface area contributed by atoms with Crippen LogP contribution in [0.2, 0.25) is 0 Å². The van der Waals surface area contributed by atoms with Gasteiger partial charge in [0.25, 0.3) is 0 Å². The topological polar surface area (TPSA) is 52.7 Å². The number of amides is 2. The van der Waals surface area contributed by atoms with Crippen molar-refractivity contribution in [1.82, 2.24) is 15.1 Å². The number of hydrogen-bond donors (Lipinski definition) is 1. The zero-order chi connectivity index (χ0) is 17.9. The molecule has 2 unspecified atom stereocenters. The Morgan fingerprint density at radius 1 is 1.15 bits per heavy atom. The lowest BCUT2D eigenvalue weighted by molar-refractivity contribution is -0.141. The van der Waals surface area contributed by atoms with E-state index < -0.39 is 0 Å². The first kappa shape index (κ1) is 17.5. The number of carbonyl (C=O) groups is 2. The zero-order valence-electron chi connectivity index (χ0n) is 15.5. The minimum atomic E-state index is 0.180. The zero-order valence-corrected chi connectivity index (χ0v) is 15.5. The Balaban J connectivity index is 1.34. The molecule has 0 spiro atoms. The summed E-state index contributed by atoms with van der Waals surface area (Å²) in [5, 5.41) is 3.13. The van der Waals surface area contributed by atoms with Crippen molar-refractivity contribution < 1.29 is 9.59 Å². The summed E-state index contributed by atoms with van der Waals surface area (Å²) in [5.41, 5.74) is 2.87. The van der Waals surface area contributed by atoms with Crippen LogP contribution >= 0.6 is 0 Å². The van der Waals surface area contributed by atoms with Crippen molar-refractivity contribution in [2.24, 2.45) is 5.92 Å². The van der Waals surface area contributed by atoms with E-state index in [2.05, 4.69) is 29.6 Å². The number of fused-ring (bicyclic) bond motifs is 1. The molecule has 2 saturated heterocycles. The van der Waals surface area contributed by atoms with Gasteiger partial charge in [-0.05, 0) is 49.1 Å². The van der Waals surface area contributed by atoms with Gasteiger partial charge >= 0.3 is 0 Å². The molecular weight excluding hydrogens is 326 g/mol. The van der Waals surface area contributed by atoms with Crippen molar-refractivity contribution in [2.45, 2.75) is 44.6 Å². The van der Waals surface area contributed by atoms with E-state index >= 15 is 0 Å². The lowest BCUT2D eigenvalue weighted by Gasteiger charge is -2.41. The van der Waals surface area contributed by atoms with Crippen molar-refractivity contribution in [1.29, 1.82) is 0 Å². The van der Waals surface area contributed by atoms with Crippen molar-refractivity contribution in [3.8, 4) is 0 Å². The van der Waals surface area contributed by atoms with Crippen molar-refractivity contribution >= 4 is 11.8 Å². The molecule has 4 rings (SSSR count). The first-order valence-electron chi connectivity index (χ1n) is 10.1. The third-order valence-corrected chi connectivity index (χ3v) is 6.23. The molecule has 2 atom stereocenters. The molecule has 1 aromatic rings. The summed E-state index contributed by atoms with van der Waals surface area (Å²) in [6.45, 7) is 3.63. The predicted octanol–water partition coefficient (Wildman–Crippen LogP) is 1.60. The van der Waals surface area contributed by atoms with E-state index in [0.29, 0.717) is 25.4 Å². The number of likely N-dealkylation sites (tertiary alicyclic amines) is 1. The average Bonchev–Trinajstić information content (AvgIpc) is 2.68. The molecule has 5 nitrogen and oxygen atoms in total. The second-order valence-electron chi connectivity index (χ2n) is 7.98. The molecule has 140 valence electrons. The molecule has 1 aromatic carbocycles. The number of nitrogens with zero attached hydrogens (tertiary/aromatic N) is 2. The maximum atomic E-state index is 12.9. The Labute approximate surface area is 155 Å². The minimum absolute atomic E-state index is 0.180. The van der Waals surface area contributed by atoms with Crippen LogP contribution in [0, 0.1) is 5.92 Å². The van der Waals surface area contributed by atoms with E-state index in [9.17, 15) is 9.59 Å². The van der Waals surface area contributed by atoms with Gasteiger partial charge in [-0.2, -0.15) is 0 Å². The highest BCUT2D eigenvalue weighted by Crippen LogP contribution is 2.28. The van der Waals surface area contributed by atoms with Gasteiger partial charge < -0.3 is 15.1 Å². The van der Waals surface area contributed by atoms with E-state index in [1.807, 2.05) is 9.80 Å². The van der Waals surface area contributed by atoms with Crippen LogP contribution in [0.15, 0.2) is 24.3 Å². The quantitative estimate of drug-likeness (QED) is 0.896. The van der Waals surface area contributed by atoms with Crippen LogP contribution in [-0.4, -0.2) is 60.4 Å². The van der Waals surface area contributed by atoms with E-state index in [1.165, 1.54) is 11.1 Å². The molecule has 0 bridgehead atoms. The monoisotopic (exact) mass is 355 g/mol. The molecule has 2 fully saturated rings. The Bertz CT molecular complexity index is 675. The molecule has 0 saturated carbocycles. The standard InChI is InChI=1S/C21H29N3O2/c25-20(13-16-7-8-17-4-1-2-5-18(17)12-16)23-10-3-6-19(15-23)24-11-9-22-14-21(24)26/h1-2,4-5,16,19,22H,3,6-15H2. The summed E-state index contributed by atoms with van der Waals surface area (Å²) < 4.78 is 0. The molecule has 1 N–H and O–H groups in total. The number of rotatable bonds is 3. The normalized spacial score (nSPS) is 26.5. The summed E-state index contributed by atoms with van der Waals surface area (Å²) in [5.74, 6) is 0.916. The minimum Gasteiger partial charge on any atom is -0.341 e. The Kier molecular flexibility index (Phi) is 5.25. The number of benzene rings is 1. The van der Waals surface area contributed by atoms with Gasteiger partial charge in [0.15, 0.2) is 0 Å². The van der Waals surface area contributed by atoms with Crippen molar-refractivity contribution in [2.75, 3.05) is 32.7 Å². The molecule has 3 aliphatic rings. The van der Waals surface area contributed by atoms with Crippen molar-refractivity contribution in [3.05, 3.63) is 35.4 Å². The highest BCUT2D eigenvalue weighted by molar-refractivity contribution is 5.80. The molecule has 26 heavy (non-hydrogen) atoms. The van der Waals surface area contributed by atoms with Gasteiger partial charge in [-0.15, -0.1) is 0 Å². The third-order valence-electron chi connectivity index (χ3n) is 6.23. The maximum absolute atomic E-state index is 12.9. The van der Waals surface area contributed by atoms with Gasteiger partial charge in [0, 0.05) is 38.6 Å². The molecule has 0 aromatic heterocycles. The smallest absolute Gasteiger partial charge is 0.236 e. The summed E-state index contributed by atoms with van der Waals surface area (Å²) in [6.07, 6.45) is 5.89. The fraction of sp³-hybridized carbons (Fsp3) is 0.619. The molecule has 2 aliphatic heterocycles. The molecule has 2 heterocycles. The van der Waals surface area contributed by atoms with E-state index in [0.717, 1.165) is 51.7 Å². The summed E-state index contributed by atoms with van der Waals surface area (Å²) in [7, 11) is 0. The van der Waals surface area contributed by atoms with Crippen LogP contribution in [0.1, 0.15) is 36.8 Å². The van der Waals surface area contributed by atoms with Crippen LogP contribution in [0.3, 0.4) is 0 Å². The van der Waals surface area contributed by atoms with Crippen LogP contribution in [0.5, 0.6) is 0 Å². The fourth-order valence-electron chi connectivity index (χ4n) is 4.77. The highest BCUT2D eigenvalue weighted by atomic mass is 16.2. The van der Waals surface area contributed by atoms with Crippen molar-refractivity contribution in [3.63, 3.8) is 0 Å². The second-order valence-corrected chi connectivity index (χ2v) is 7.98. The summed E-state index contributed by atoms with van der Waals surface area (Å²) >= 11 is 0. The lowest BCUT2D eigenvalue weighted by Crippen LogP contribution is -2.57. The first-order chi connectivity index (χ1) is 12.7. The van der Waals surface area contributed by atoms with E-state index in [4.69, 9.17) is 0 Å².